The molecule has 0 saturated heterocycles. The number of nitrogens with zero attached hydrogens (tertiary/aromatic N) is 1. The minimum Gasteiger partial charge on any atom is -0.200 e. The van der Waals surface area contributed by atoms with Gasteiger partial charge in [0.25, 0.3) is 10.0 Å². The van der Waals surface area contributed by atoms with Gasteiger partial charge in [0.2, 0.25) is 0 Å². The van der Waals surface area contributed by atoms with Crippen LogP contribution >= 0.6 is 0 Å². The Hall–Kier alpha value is -0.640. The molecule has 0 bridgehead atoms. The lowest BCUT2D eigenvalue weighted by Crippen LogP contribution is -1.80. The van der Waals surface area contributed by atoms with E-state index in [1.807, 2.05) is 27.7 Å². The lowest BCUT2D eigenvalue weighted by Gasteiger charge is -1.73. The summed E-state index contributed by atoms with van der Waals surface area (Å²) >= 11 is 0. The minimum atomic E-state index is -3.16. The molecule has 1 aliphatic rings. The quantitative estimate of drug-likeness (QED) is 0.615. The number of rotatable bonds is 0. The predicted octanol–water partition coefficient (Wildman–Crippen LogP) is 3.24. The maximum atomic E-state index is 10.1. The average Bonchev–Trinajstić information content (AvgIpc) is 2.43. The van der Waals surface area contributed by atoms with Crippen LogP contribution in [0.2, 0.25) is 0 Å². The molecule has 13 heavy (non-hydrogen) atoms. The number of sulfonamides is 1. The highest BCUT2D eigenvalue weighted by atomic mass is 32.2. The fourth-order valence-corrected chi connectivity index (χ4v) is 0.869. The molecule has 0 aromatic heterocycles. The molecule has 0 atom stereocenters. The van der Waals surface area contributed by atoms with Crippen molar-refractivity contribution in [3.63, 3.8) is 0 Å². The van der Waals surface area contributed by atoms with Gasteiger partial charge in [-0.25, -0.2) is 0 Å². The first-order valence-electron chi connectivity index (χ1n) is 3.68. The second-order valence-corrected chi connectivity index (χ2v) is 2.61. The van der Waals surface area contributed by atoms with Gasteiger partial charge in [0.15, 0.2) is 0 Å². The third-order valence-corrected chi connectivity index (χ3v) is 1.46. The summed E-state index contributed by atoms with van der Waals surface area (Å²) in [4.78, 5) is 0. The fraction of sp³-hybridized carbons (Fsp3) is 0.667. The van der Waals surface area contributed by atoms with E-state index in [4.69, 9.17) is 0 Å². The van der Waals surface area contributed by atoms with Crippen LogP contribution in [0.3, 0.4) is 0 Å². The van der Waals surface area contributed by atoms with Crippen molar-refractivity contribution in [3.8, 4) is 0 Å². The van der Waals surface area contributed by atoms with E-state index in [9.17, 15) is 8.42 Å². The monoisotopic (exact) mass is 209 g/mol. The Morgan fingerprint density at radius 2 is 1.38 bits per heavy atom. The molecule has 0 spiro atoms. The zero-order valence-electron chi connectivity index (χ0n) is 7.40. The van der Waals surface area contributed by atoms with Crippen molar-refractivity contribution in [3.05, 3.63) is 11.5 Å². The predicted molar refractivity (Wildman–Crippen MR) is 62.7 cm³/mol. The smallest absolute Gasteiger partial charge is 0.200 e. The normalized spacial score (nSPS) is 13.5. The summed E-state index contributed by atoms with van der Waals surface area (Å²) in [5.74, 6) is 0. The highest BCUT2D eigenvalue weighted by Crippen LogP contribution is 1.97. The molecule has 0 N–H and O–H groups in total. The van der Waals surface area contributed by atoms with Crippen LogP contribution in [0.1, 0.15) is 42.5 Å². The van der Waals surface area contributed by atoms with Crippen LogP contribution in [0, 0.1) is 0 Å². The molecule has 1 aliphatic heterocycles. The molecule has 0 aromatic carbocycles. The minimum absolute atomic E-state index is 0. The summed E-state index contributed by atoms with van der Waals surface area (Å²) in [6, 6.07) is 0. The zero-order valence-corrected chi connectivity index (χ0v) is 8.22. The first-order chi connectivity index (χ1) is 5.21. The fourth-order valence-electron chi connectivity index (χ4n) is 0.290. The molecule has 82 valence electrons. The van der Waals surface area contributed by atoms with E-state index in [-0.39, 0.29) is 14.9 Å². The van der Waals surface area contributed by atoms with E-state index < -0.39 is 10.0 Å². The van der Waals surface area contributed by atoms with Crippen molar-refractivity contribution in [2.75, 3.05) is 0 Å². The Morgan fingerprint density at radius 1 is 1.00 bits per heavy atom. The van der Waals surface area contributed by atoms with Crippen LogP contribution in [0.5, 0.6) is 0 Å². The molecule has 3 nitrogen and oxygen atoms in total. The van der Waals surface area contributed by atoms with E-state index in [1.54, 1.807) is 0 Å². The highest BCUT2D eigenvalue weighted by molar-refractivity contribution is 7.93. The first-order valence-corrected chi connectivity index (χ1v) is 5.18. The summed E-state index contributed by atoms with van der Waals surface area (Å²) < 4.78 is 23.4. The SMILES string of the molecule is C.C.CC.CC.O=S1(=O)C=CC=N1. The highest BCUT2D eigenvalue weighted by Gasteiger charge is 2.01. The van der Waals surface area contributed by atoms with Crippen LogP contribution < -0.4 is 0 Å². The second kappa shape index (κ2) is 13.9. The topological polar surface area (TPSA) is 46.5 Å². The van der Waals surface area contributed by atoms with E-state index in [0.717, 1.165) is 5.41 Å². The van der Waals surface area contributed by atoms with E-state index in [2.05, 4.69) is 4.40 Å². The third kappa shape index (κ3) is 14.2. The average molecular weight is 209 g/mol. The lowest BCUT2D eigenvalue weighted by atomic mass is 10.7. The molecule has 0 unspecified atom stereocenters. The maximum Gasteiger partial charge on any atom is 0.275 e. The van der Waals surface area contributed by atoms with Gasteiger partial charge in [-0.05, 0) is 6.08 Å². The Balaban J connectivity index is -0.0000000607. The Bertz CT molecular complexity index is 198. The lowest BCUT2D eigenvalue weighted by molar-refractivity contribution is 0.607. The van der Waals surface area contributed by atoms with Gasteiger partial charge in [-0.3, -0.25) is 0 Å². The van der Waals surface area contributed by atoms with Gasteiger partial charge in [-0.1, -0.05) is 42.5 Å². The van der Waals surface area contributed by atoms with Crippen molar-refractivity contribution < 1.29 is 8.42 Å². The standard InChI is InChI=1S/C3H3NO2S.2C2H6.2CH4/c5-7(6)3-1-2-4-7;2*1-2;;/h1-3H;2*1-2H3;2*1H4. The molecule has 0 radical (unpaired) electrons. The van der Waals surface area contributed by atoms with Gasteiger partial charge in [0.1, 0.15) is 0 Å². The summed E-state index contributed by atoms with van der Waals surface area (Å²) in [6.07, 6.45) is 2.63. The number of allylic oxidation sites excluding steroid dienone is 1. The largest absolute Gasteiger partial charge is 0.275 e. The zero-order chi connectivity index (χ0) is 9.33. The molecule has 0 amide bonds. The molecular weight excluding hydrogens is 186 g/mol. The summed E-state index contributed by atoms with van der Waals surface area (Å²) in [6.45, 7) is 8.00. The molecule has 0 aliphatic carbocycles. The van der Waals surface area contributed by atoms with Gasteiger partial charge in [0, 0.05) is 6.21 Å². The van der Waals surface area contributed by atoms with E-state index in [0.29, 0.717) is 0 Å². The number of hydrogen-bond acceptors (Lipinski definition) is 2. The molecule has 4 heteroatoms. The second-order valence-electron chi connectivity index (χ2n) is 1.10. The maximum absolute atomic E-state index is 10.1. The van der Waals surface area contributed by atoms with Crippen LogP contribution in [0.25, 0.3) is 0 Å². The molecular formula is C9H23NO2S. The van der Waals surface area contributed by atoms with Crippen molar-refractivity contribution in [2.24, 2.45) is 4.40 Å². The van der Waals surface area contributed by atoms with E-state index >= 15 is 0 Å². The third-order valence-electron chi connectivity index (χ3n) is 0.544. The van der Waals surface area contributed by atoms with Gasteiger partial charge in [-0.15, -0.1) is 0 Å². The van der Waals surface area contributed by atoms with Gasteiger partial charge in [-0.2, -0.15) is 12.8 Å². The summed E-state index contributed by atoms with van der Waals surface area (Å²) in [5, 5.41) is 1.05. The van der Waals surface area contributed by atoms with Gasteiger partial charge < -0.3 is 0 Å². The summed E-state index contributed by atoms with van der Waals surface area (Å²) in [5.41, 5.74) is 0. The molecule has 0 saturated carbocycles. The Morgan fingerprint density at radius 3 is 1.46 bits per heavy atom. The Kier molecular flexibility index (Phi) is 24.4. The molecule has 0 fully saturated rings. The Labute approximate surface area is 83.6 Å². The number of hydrogen-bond donors (Lipinski definition) is 0. The molecule has 0 aromatic rings. The van der Waals surface area contributed by atoms with Crippen molar-refractivity contribution in [1.82, 2.24) is 0 Å². The molecule has 1 rings (SSSR count). The van der Waals surface area contributed by atoms with Crippen LogP contribution in [0.4, 0.5) is 0 Å². The van der Waals surface area contributed by atoms with Crippen LogP contribution in [-0.4, -0.2) is 14.6 Å². The van der Waals surface area contributed by atoms with Crippen LogP contribution in [-0.2, 0) is 10.0 Å². The van der Waals surface area contributed by atoms with Gasteiger partial charge in [0.05, 0.1) is 5.41 Å². The van der Waals surface area contributed by atoms with Crippen molar-refractivity contribution in [2.45, 2.75) is 42.5 Å². The first kappa shape index (κ1) is 22.8. The van der Waals surface area contributed by atoms with E-state index in [1.165, 1.54) is 12.3 Å². The molecule has 1 heterocycles. The summed E-state index contributed by atoms with van der Waals surface area (Å²) in [7, 11) is -3.16. The van der Waals surface area contributed by atoms with Crippen molar-refractivity contribution in [1.29, 1.82) is 0 Å². The van der Waals surface area contributed by atoms with Crippen LogP contribution in [0.15, 0.2) is 15.9 Å². The van der Waals surface area contributed by atoms with Crippen molar-refractivity contribution >= 4 is 16.2 Å². The van der Waals surface area contributed by atoms with Gasteiger partial charge >= 0.3 is 0 Å².